The van der Waals surface area contributed by atoms with Gasteiger partial charge in [-0.1, -0.05) is 48.0 Å². The Morgan fingerprint density at radius 1 is 1.21 bits per heavy atom. The average molecular weight is 405 g/mol. The Hall–Kier alpha value is -2.08. The van der Waals surface area contributed by atoms with Gasteiger partial charge in [0, 0.05) is 25.3 Å². The predicted octanol–water partition coefficient (Wildman–Crippen LogP) is 3.55. The van der Waals surface area contributed by atoms with Gasteiger partial charge < -0.3 is 14.8 Å². The molecule has 1 saturated heterocycles. The van der Waals surface area contributed by atoms with E-state index in [-0.39, 0.29) is 24.4 Å². The summed E-state index contributed by atoms with van der Waals surface area (Å²) < 4.78 is 11.0. The molecular weight excluding hydrogens is 376 g/mol. The Morgan fingerprint density at radius 2 is 1.96 bits per heavy atom. The molecule has 1 aliphatic rings. The number of amides is 1. The van der Waals surface area contributed by atoms with Crippen LogP contribution in [0, 0.1) is 6.92 Å². The molecule has 1 amide bonds. The number of carbonyl (C=O) groups excluding carboxylic acids is 1. The van der Waals surface area contributed by atoms with Gasteiger partial charge in [0.2, 0.25) is 5.91 Å². The standard InChI is InChI=1S/C22H28N2O3.ClH/c1-16-9-11-17(12-10-16)21(22(25)24-15-19-7-5-13-27-19)23-14-18-6-3-4-8-20(18)26-2;/h3-4,6,8-12,19,21,23H,5,7,13-15H2,1-2H3,(H,24,25);1H. The number of hydrogen-bond acceptors (Lipinski definition) is 4. The van der Waals surface area contributed by atoms with Crippen LogP contribution in [0.25, 0.3) is 0 Å². The topological polar surface area (TPSA) is 59.6 Å². The Bertz CT molecular complexity index is 746. The van der Waals surface area contributed by atoms with Gasteiger partial charge in [-0.25, -0.2) is 0 Å². The smallest absolute Gasteiger partial charge is 0.241 e. The molecule has 0 bridgehead atoms. The zero-order valence-electron chi connectivity index (χ0n) is 16.4. The van der Waals surface area contributed by atoms with E-state index in [4.69, 9.17) is 9.47 Å². The third-order valence-electron chi connectivity index (χ3n) is 4.89. The van der Waals surface area contributed by atoms with Gasteiger partial charge in [-0.15, -0.1) is 12.4 Å². The summed E-state index contributed by atoms with van der Waals surface area (Å²) in [4.78, 5) is 12.9. The molecule has 6 heteroatoms. The van der Waals surface area contributed by atoms with Crippen LogP contribution in [0.3, 0.4) is 0 Å². The third-order valence-corrected chi connectivity index (χ3v) is 4.89. The third kappa shape index (κ3) is 5.96. The first kappa shape index (κ1) is 22.2. The molecule has 1 aliphatic heterocycles. The average Bonchev–Trinajstić information content (AvgIpc) is 3.22. The Morgan fingerprint density at radius 3 is 2.64 bits per heavy atom. The van der Waals surface area contributed by atoms with Gasteiger partial charge in [-0.05, 0) is 31.4 Å². The van der Waals surface area contributed by atoms with E-state index in [1.165, 1.54) is 5.56 Å². The summed E-state index contributed by atoms with van der Waals surface area (Å²) in [6, 6.07) is 15.5. The molecule has 2 unspecified atom stereocenters. The van der Waals surface area contributed by atoms with E-state index in [0.717, 1.165) is 36.3 Å². The quantitative estimate of drug-likeness (QED) is 0.706. The first-order valence-corrected chi connectivity index (χ1v) is 9.48. The number of carbonyl (C=O) groups is 1. The van der Waals surface area contributed by atoms with Crippen LogP contribution in [0.4, 0.5) is 0 Å². The van der Waals surface area contributed by atoms with Crippen LogP contribution in [0.15, 0.2) is 48.5 Å². The molecule has 2 aromatic rings. The van der Waals surface area contributed by atoms with E-state index < -0.39 is 6.04 Å². The fraction of sp³-hybridized carbons (Fsp3) is 0.409. The maximum atomic E-state index is 12.9. The zero-order valence-corrected chi connectivity index (χ0v) is 17.3. The molecule has 0 saturated carbocycles. The lowest BCUT2D eigenvalue weighted by atomic mass is 10.0. The Balaban J connectivity index is 0.00000280. The maximum absolute atomic E-state index is 12.9. The highest BCUT2D eigenvalue weighted by atomic mass is 35.5. The molecule has 5 nitrogen and oxygen atoms in total. The Labute approximate surface area is 173 Å². The number of methoxy groups -OCH3 is 1. The summed E-state index contributed by atoms with van der Waals surface area (Å²) in [6.07, 6.45) is 2.19. The molecule has 28 heavy (non-hydrogen) atoms. The molecule has 2 aromatic carbocycles. The van der Waals surface area contributed by atoms with Crippen molar-refractivity contribution in [2.45, 2.75) is 38.5 Å². The van der Waals surface area contributed by atoms with Crippen molar-refractivity contribution in [1.29, 1.82) is 0 Å². The minimum Gasteiger partial charge on any atom is -0.496 e. The van der Waals surface area contributed by atoms with Gasteiger partial charge in [0.1, 0.15) is 11.8 Å². The summed E-state index contributed by atoms with van der Waals surface area (Å²) in [7, 11) is 1.66. The lowest BCUT2D eigenvalue weighted by Crippen LogP contribution is -2.40. The lowest BCUT2D eigenvalue weighted by Gasteiger charge is -2.21. The largest absolute Gasteiger partial charge is 0.496 e. The molecule has 1 heterocycles. The van der Waals surface area contributed by atoms with Crippen LogP contribution < -0.4 is 15.4 Å². The highest BCUT2D eigenvalue weighted by Crippen LogP contribution is 2.20. The number of para-hydroxylation sites is 1. The van der Waals surface area contributed by atoms with Crippen molar-refractivity contribution in [3.63, 3.8) is 0 Å². The van der Waals surface area contributed by atoms with E-state index in [2.05, 4.69) is 10.6 Å². The van der Waals surface area contributed by atoms with Crippen molar-refractivity contribution in [2.75, 3.05) is 20.3 Å². The molecular formula is C22H29ClN2O3. The second-order valence-corrected chi connectivity index (χ2v) is 6.92. The summed E-state index contributed by atoms with van der Waals surface area (Å²) >= 11 is 0. The highest BCUT2D eigenvalue weighted by molar-refractivity contribution is 5.85. The van der Waals surface area contributed by atoms with E-state index >= 15 is 0 Å². The van der Waals surface area contributed by atoms with Crippen molar-refractivity contribution >= 4 is 18.3 Å². The normalized spacial score (nSPS) is 16.9. The number of benzene rings is 2. The van der Waals surface area contributed by atoms with Crippen molar-refractivity contribution in [3.8, 4) is 5.75 Å². The number of halogens is 1. The van der Waals surface area contributed by atoms with Crippen LogP contribution in [0.2, 0.25) is 0 Å². The van der Waals surface area contributed by atoms with Gasteiger partial charge in [-0.2, -0.15) is 0 Å². The minimum absolute atomic E-state index is 0. The van der Waals surface area contributed by atoms with Gasteiger partial charge in [0.25, 0.3) is 0 Å². The Kier molecular flexibility index (Phi) is 8.77. The van der Waals surface area contributed by atoms with Crippen LogP contribution in [0.5, 0.6) is 5.75 Å². The van der Waals surface area contributed by atoms with Crippen molar-refractivity contribution in [3.05, 3.63) is 65.2 Å². The fourth-order valence-electron chi connectivity index (χ4n) is 3.30. The first-order chi connectivity index (χ1) is 13.2. The number of aryl methyl sites for hydroxylation is 1. The van der Waals surface area contributed by atoms with Gasteiger partial charge >= 0.3 is 0 Å². The van der Waals surface area contributed by atoms with Gasteiger partial charge in [-0.3, -0.25) is 10.1 Å². The SMILES string of the molecule is COc1ccccc1CNC(C(=O)NCC1CCCO1)c1ccc(C)cc1.Cl. The zero-order chi connectivity index (χ0) is 19.1. The molecule has 152 valence electrons. The summed E-state index contributed by atoms with van der Waals surface area (Å²) in [5, 5.41) is 6.43. The number of hydrogen-bond donors (Lipinski definition) is 2. The maximum Gasteiger partial charge on any atom is 0.241 e. The summed E-state index contributed by atoms with van der Waals surface area (Å²) in [5.74, 6) is 0.775. The molecule has 1 fully saturated rings. The minimum atomic E-state index is -0.433. The van der Waals surface area contributed by atoms with Crippen LogP contribution in [0.1, 0.15) is 35.6 Å². The summed E-state index contributed by atoms with van der Waals surface area (Å²) in [6.45, 7) is 3.92. The predicted molar refractivity (Wildman–Crippen MR) is 113 cm³/mol. The van der Waals surface area contributed by atoms with Crippen molar-refractivity contribution < 1.29 is 14.3 Å². The van der Waals surface area contributed by atoms with Crippen LogP contribution >= 0.6 is 12.4 Å². The second kappa shape index (κ2) is 11.1. The molecule has 0 aromatic heterocycles. The van der Waals surface area contributed by atoms with Crippen LogP contribution in [-0.4, -0.2) is 32.3 Å². The molecule has 0 aliphatic carbocycles. The van der Waals surface area contributed by atoms with Gasteiger partial charge in [0.15, 0.2) is 0 Å². The lowest BCUT2D eigenvalue weighted by molar-refractivity contribution is -0.123. The van der Waals surface area contributed by atoms with E-state index in [1.54, 1.807) is 7.11 Å². The first-order valence-electron chi connectivity index (χ1n) is 9.48. The van der Waals surface area contributed by atoms with E-state index in [1.807, 2.05) is 55.5 Å². The summed E-state index contributed by atoms with van der Waals surface area (Å²) in [5.41, 5.74) is 3.13. The van der Waals surface area contributed by atoms with Crippen LogP contribution in [-0.2, 0) is 16.1 Å². The molecule has 0 radical (unpaired) electrons. The van der Waals surface area contributed by atoms with Crippen molar-refractivity contribution in [2.24, 2.45) is 0 Å². The second-order valence-electron chi connectivity index (χ2n) is 6.92. The monoisotopic (exact) mass is 404 g/mol. The number of nitrogens with one attached hydrogen (secondary N) is 2. The molecule has 2 N–H and O–H groups in total. The number of ether oxygens (including phenoxy) is 2. The van der Waals surface area contributed by atoms with E-state index in [9.17, 15) is 4.79 Å². The fourth-order valence-corrected chi connectivity index (χ4v) is 3.30. The van der Waals surface area contributed by atoms with Gasteiger partial charge in [0.05, 0.1) is 13.2 Å². The van der Waals surface area contributed by atoms with E-state index in [0.29, 0.717) is 13.1 Å². The molecule has 0 spiro atoms. The van der Waals surface area contributed by atoms with Crippen molar-refractivity contribution in [1.82, 2.24) is 10.6 Å². The number of rotatable bonds is 8. The molecule has 3 rings (SSSR count). The molecule has 2 atom stereocenters. The highest BCUT2D eigenvalue weighted by Gasteiger charge is 2.23.